The number of unbranched alkanes of at least 4 members (excludes halogenated alkanes) is 10. The number of aliphatic carboxylic acids is 1. The van der Waals surface area contributed by atoms with Gasteiger partial charge in [0.1, 0.15) is 0 Å². The second kappa shape index (κ2) is 22.7. The van der Waals surface area contributed by atoms with Crippen molar-refractivity contribution in [3.8, 4) is 0 Å². The van der Waals surface area contributed by atoms with E-state index in [1.54, 1.807) is 0 Å². The van der Waals surface area contributed by atoms with Gasteiger partial charge < -0.3 is 14.5 Å². The van der Waals surface area contributed by atoms with Gasteiger partial charge in [-0.25, -0.2) is 8.42 Å². The molecule has 0 amide bonds. The fourth-order valence-corrected chi connectivity index (χ4v) is 3.43. The number of carbonyl (C=O) groups excluding carboxylic acids is 1. The molecule has 6 nitrogen and oxygen atoms in total. The second-order valence-corrected chi connectivity index (χ2v) is 7.72. The van der Waals surface area contributed by atoms with Crippen LogP contribution in [0.25, 0.3) is 0 Å². The maximum Gasteiger partial charge on any atom is 1.00 e. The van der Waals surface area contributed by atoms with Gasteiger partial charge in [-0.1, -0.05) is 77.6 Å². The van der Waals surface area contributed by atoms with Gasteiger partial charge in [0, 0.05) is 5.97 Å². The Morgan fingerprint density at radius 2 is 1.26 bits per heavy atom. The average molecular weight is 441 g/mol. The molecule has 0 aromatic carbocycles. The van der Waals surface area contributed by atoms with E-state index in [1.165, 1.54) is 25.7 Å². The number of carboxylic acids is 1. The number of hydrogen-bond donors (Lipinski definition) is 0. The Hall–Kier alpha value is 1.98. The van der Waals surface area contributed by atoms with Gasteiger partial charge >= 0.3 is 80.9 Å². The Labute approximate surface area is 230 Å². The molecule has 0 aliphatic rings. The summed E-state index contributed by atoms with van der Waals surface area (Å²) in [6.07, 6.45) is 12.6. The summed E-state index contributed by atoms with van der Waals surface area (Å²) >= 11 is 0. The van der Waals surface area contributed by atoms with Crippen LogP contribution in [0.3, 0.4) is 0 Å². The van der Waals surface area contributed by atoms with Crippen molar-refractivity contribution in [1.82, 2.24) is 0 Å². The first-order chi connectivity index (χ1) is 11.8. The van der Waals surface area contributed by atoms with E-state index in [0.717, 1.165) is 44.9 Å². The quantitative estimate of drug-likeness (QED) is 0.101. The molecule has 0 spiro atoms. The third-order valence-electron chi connectivity index (χ3n) is 4.29. The first-order valence-corrected chi connectivity index (χ1v) is 11.0. The van der Waals surface area contributed by atoms with Crippen molar-refractivity contribution in [2.24, 2.45) is 0 Å². The molecule has 0 rings (SSSR count). The zero-order chi connectivity index (χ0) is 19.0. The number of carbonyl (C=O) groups is 1. The van der Waals surface area contributed by atoms with Crippen molar-refractivity contribution in [3.05, 3.63) is 0 Å². The summed E-state index contributed by atoms with van der Waals surface area (Å²) in [6, 6.07) is 0. The zero-order valence-corrected chi connectivity index (χ0v) is 23.5. The molecule has 0 saturated carbocycles. The van der Waals surface area contributed by atoms with E-state index in [0.29, 0.717) is 19.3 Å². The van der Waals surface area contributed by atoms with Gasteiger partial charge in [0.25, 0.3) is 0 Å². The summed E-state index contributed by atoms with van der Waals surface area (Å²) in [4.78, 5) is 10.3. The third-order valence-corrected chi connectivity index (χ3v) is 4.80. The maximum absolute atomic E-state index is 10.8. The Morgan fingerprint density at radius 1 is 0.852 bits per heavy atom. The van der Waals surface area contributed by atoms with Crippen LogP contribution in [0.4, 0.5) is 0 Å². The minimum atomic E-state index is -4.66. The maximum atomic E-state index is 10.8. The number of rotatable bonds is 18. The standard InChI is InChI=1S/C18H36O6S.K.Na/c1-2-3-4-5-6-8-11-14-17(24-25(21,22)23)15-12-9-7-10-13-16-18(19)20;;/h17H,2-16H2,1H3,(H,19,20)(H,21,22,23);;/q;2*+1/p-2. The van der Waals surface area contributed by atoms with Crippen LogP contribution in [0.5, 0.6) is 0 Å². The van der Waals surface area contributed by atoms with Crippen LogP contribution in [0.15, 0.2) is 0 Å². The molecule has 1 unspecified atom stereocenters. The first kappa shape index (κ1) is 33.6. The fourth-order valence-electron chi connectivity index (χ4n) is 2.91. The molecule has 0 radical (unpaired) electrons. The summed E-state index contributed by atoms with van der Waals surface area (Å²) in [7, 11) is -4.66. The van der Waals surface area contributed by atoms with Gasteiger partial charge in [-0.3, -0.25) is 4.18 Å². The summed E-state index contributed by atoms with van der Waals surface area (Å²) in [6.45, 7) is 2.18. The molecule has 0 aliphatic heterocycles. The summed E-state index contributed by atoms with van der Waals surface area (Å²) in [5.74, 6) is -1.02. The van der Waals surface area contributed by atoms with E-state index < -0.39 is 22.5 Å². The van der Waals surface area contributed by atoms with Gasteiger partial charge in [0.2, 0.25) is 10.4 Å². The first-order valence-electron chi connectivity index (χ1n) is 9.69. The minimum absolute atomic E-state index is 0. The molecule has 0 saturated heterocycles. The molecule has 0 aromatic heterocycles. The topological polar surface area (TPSA) is 107 Å². The van der Waals surface area contributed by atoms with Crippen molar-refractivity contribution in [3.63, 3.8) is 0 Å². The molecule has 9 heteroatoms. The largest absolute Gasteiger partial charge is 1.00 e. The summed E-state index contributed by atoms with van der Waals surface area (Å²) < 4.78 is 37.2. The predicted octanol–water partition coefficient (Wildman–Crippen LogP) is -2.54. The van der Waals surface area contributed by atoms with Crippen LogP contribution in [0.1, 0.15) is 103 Å². The number of carboxylic acid groups (broad SMARTS) is 1. The molecule has 150 valence electrons. The molecule has 0 fully saturated rings. The molecule has 0 aromatic rings. The molecule has 0 aliphatic carbocycles. The van der Waals surface area contributed by atoms with Crippen molar-refractivity contribution in [1.29, 1.82) is 0 Å². The molecule has 27 heavy (non-hydrogen) atoms. The van der Waals surface area contributed by atoms with Gasteiger partial charge in [-0.15, -0.1) is 0 Å². The van der Waals surface area contributed by atoms with Crippen LogP contribution in [-0.2, 0) is 19.4 Å². The Kier molecular flexibility index (Phi) is 28.2. The molecule has 0 N–H and O–H groups in total. The predicted molar refractivity (Wildman–Crippen MR) is 94.5 cm³/mol. The van der Waals surface area contributed by atoms with E-state index in [9.17, 15) is 22.9 Å². The van der Waals surface area contributed by atoms with E-state index in [-0.39, 0.29) is 87.4 Å². The summed E-state index contributed by atoms with van der Waals surface area (Å²) in [5.41, 5.74) is 0. The van der Waals surface area contributed by atoms with Crippen molar-refractivity contribution in [2.45, 2.75) is 109 Å². The fraction of sp³-hybridized carbons (Fsp3) is 0.944. The van der Waals surface area contributed by atoms with Crippen LogP contribution >= 0.6 is 0 Å². The Bertz CT molecular complexity index is 434. The van der Waals surface area contributed by atoms with Gasteiger partial charge in [0.05, 0.1) is 6.10 Å². The van der Waals surface area contributed by atoms with Crippen molar-refractivity contribution >= 4 is 16.4 Å². The monoisotopic (exact) mass is 440 g/mol. The third kappa shape index (κ3) is 28.0. The van der Waals surface area contributed by atoms with Crippen LogP contribution in [0.2, 0.25) is 0 Å². The molecular weight excluding hydrogens is 406 g/mol. The SMILES string of the molecule is CCCCCCCCCC(CCCCCCCC(=O)[O-])OS(=O)(=O)[O-].[K+].[Na+]. The van der Waals surface area contributed by atoms with Crippen molar-refractivity contribution in [2.75, 3.05) is 0 Å². The average Bonchev–Trinajstić information content (AvgIpc) is 2.51. The van der Waals surface area contributed by atoms with Gasteiger partial charge in [0.15, 0.2) is 0 Å². The van der Waals surface area contributed by atoms with Gasteiger partial charge in [-0.2, -0.15) is 0 Å². The minimum Gasteiger partial charge on any atom is -0.726 e. The zero-order valence-electron chi connectivity index (χ0n) is 17.5. The molecule has 0 bridgehead atoms. The second-order valence-electron chi connectivity index (χ2n) is 6.71. The Balaban J connectivity index is -0.00000288. The molecule has 1 atom stereocenters. The van der Waals surface area contributed by atoms with E-state index in [4.69, 9.17) is 0 Å². The smallest absolute Gasteiger partial charge is 0.726 e. The molecule has 0 heterocycles. The summed E-state index contributed by atoms with van der Waals surface area (Å²) in [5, 5.41) is 10.3. The van der Waals surface area contributed by atoms with E-state index in [1.807, 2.05) is 0 Å². The van der Waals surface area contributed by atoms with Gasteiger partial charge in [-0.05, 0) is 25.7 Å². The number of hydrogen-bond acceptors (Lipinski definition) is 6. The Morgan fingerprint density at radius 3 is 1.67 bits per heavy atom. The van der Waals surface area contributed by atoms with Crippen molar-refractivity contribution < 1.29 is 108 Å². The van der Waals surface area contributed by atoms with Crippen LogP contribution in [-0.4, -0.2) is 25.0 Å². The van der Waals surface area contributed by atoms with Crippen LogP contribution in [0, 0.1) is 0 Å². The van der Waals surface area contributed by atoms with E-state index in [2.05, 4.69) is 11.1 Å². The van der Waals surface area contributed by atoms with E-state index >= 15 is 0 Å². The van der Waals surface area contributed by atoms with Crippen LogP contribution < -0.4 is 86.0 Å². The molecular formula is C18H34KNaO6S. The normalized spacial score (nSPS) is 12.1.